The fraction of sp³-hybridized carbons (Fsp3) is 0.222. The Hall–Kier alpha value is -0.720. The highest BCUT2D eigenvalue weighted by Crippen LogP contribution is 2.30. The molecule has 2 nitrogen and oxygen atoms in total. The predicted octanol–water partition coefficient (Wildman–Crippen LogP) is 3.12. The minimum atomic E-state index is 0.439. The normalized spacial score (nSPS) is 9.38. The fourth-order valence-corrected chi connectivity index (χ4v) is 1.66. The van der Waals surface area contributed by atoms with E-state index in [-0.39, 0.29) is 0 Å². The Morgan fingerprint density at radius 3 is 2.77 bits per heavy atom. The number of hydrogen-bond donors (Lipinski definition) is 0. The van der Waals surface area contributed by atoms with Crippen LogP contribution >= 0.6 is 27.5 Å². The molecule has 0 bridgehead atoms. The molecule has 1 aromatic rings. The van der Waals surface area contributed by atoms with Crippen molar-refractivity contribution >= 4 is 27.5 Å². The molecule has 0 amide bonds. The summed E-state index contributed by atoms with van der Waals surface area (Å²) in [5.41, 5.74) is 1.42. The molecule has 0 spiro atoms. The molecular formula is C9H7BrClNO. The van der Waals surface area contributed by atoms with E-state index in [2.05, 4.69) is 15.9 Å². The highest BCUT2D eigenvalue weighted by atomic mass is 79.9. The molecule has 13 heavy (non-hydrogen) atoms. The van der Waals surface area contributed by atoms with Crippen molar-refractivity contribution in [3.63, 3.8) is 0 Å². The van der Waals surface area contributed by atoms with Crippen LogP contribution in [0.3, 0.4) is 0 Å². The second-order valence-corrected chi connectivity index (χ2v) is 3.37. The number of ether oxygens (including phenoxy) is 1. The van der Waals surface area contributed by atoms with E-state index in [1.807, 2.05) is 6.07 Å². The second-order valence-electron chi connectivity index (χ2n) is 2.40. The lowest BCUT2D eigenvalue weighted by molar-refractivity contribution is 0.413. The van der Waals surface area contributed by atoms with Crippen molar-refractivity contribution in [1.29, 1.82) is 5.26 Å². The summed E-state index contributed by atoms with van der Waals surface area (Å²) in [5.74, 6) is 0.439. The number of methoxy groups -OCH3 is 1. The number of hydrogen-bond acceptors (Lipinski definition) is 2. The highest BCUT2D eigenvalue weighted by Gasteiger charge is 2.08. The SMILES string of the molecule is COc1c(Cl)cc(CBr)cc1C#N. The van der Waals surface area contributed by atoms with Crippen LogP contribution in [0.4, 0.5) is 0 Å². The number of halogens is 2. The van der Waals surface area contributed by atoms with Gasteiger partial charge in [0.25, 0.3) is 0 Å². The molecule has 0 aliphatic rings. The quantitative estimate of drug-likeness (QED) is 0.766. The molecule has 0 N–H and O–H groups in total. The first-order chi connectivity index (χ1) is 6.22. The first kappa shape index (κ1) is 10.4. The lowest BCUT2D eigenvalue weighted by atomic mass is 10.1. The van der Waals surface area contributed by atoms with Crippen LogP contribution in [0.5, 0.6) is 5.75 Å². The maximum absolute atomic E-state index is 8.79. The smallest absolute Gasteiger partial charge is 0.155 e. The third-order valence-electron chi connectivity index (χ3n) is 1.58. The number of nitriles is 1. The predicted molar refractivity (Wildman–Crippen MR) is 55.4 cm³/mol. The molecule has 0 aliphatic heterocycles. The molecule has 0 atom stereocenters. The Bertz CT molecular complexity index is 359. The highest BCUT2D eigenvalue weighted by molar-refractivity contribution is 9.08. The lowest BCUT2D eigenvalue weighted by Gasteiger charge is -2.06. The maximum atomic E-state index is 8.79. The van der Waals surface area contributed by atoms with Crippen LogP contribution in [0.2, 0.25) is 5.02 Å². The summed E-state index contributed by atoms with van der Waals surface area (Å²) >= 11 is 9.19. The molecule has 0 saturated carbocycles. The van der Waals surface area contributed by atoms with Gasteiger partial charge in [-0.2, -0.15) is 5.26 Å². The Labute approximate surface area is 90.2 Å². The number of nitrogens with zero attached hydrogens (tertiary/aromatic N) is 1. The largest absolute Gasteiger partial charge is 0.494 e. The van der Waals surface area contributed by atoms with Gasteiger partial charge >= 0.3 is 0 Å². The minimum absolute atomic E-state index is 0.439. The van der Waals surface area contributed by atoms with Crippen LogP contribution in [0.25, 0.3) is 0 Å². The second kappa shape index (κ2) is 4.50. The maximum Gasteiger partial charge on any atom is 0.155 e. The van der Waals surface area contributed by atoms with Crippen molar-refractivity contribution in [3.05, 3.63) is 28.3 Å². The van der Waals surface area contributed by atoms with Gasteiger partial charge in [0.2, 0.25) is 0 Å². The van der Waals surface area contributed by atoms with Crippen molar-refractivity contribution in [3.8, 4) is 11.8 Å². The first-order valence-electron chi connectivity index (χ1n) is 3.55. The summed E-state index contributed by atoms with van der Waals surface area (Å²) in [5, 5.41) is 9.93. The average molecular weight is 261 g/mol. The molecule has 0 heterocycles. The van der Waals surface area contributed by atoms with Gasteiger partial charge in [-0.25, -0.2) is 0 Å². The molecule has 0 fully saturated rings. The Balaban J connectivity index is 3.31. The van der Waals surface area contributed by atoms with Crippen LogP contribution in [0.1, 0.15) is 11.1 Å². The van der Waals surface area contributed by atoms with Crippen LogP contribution in [-0.2, 0) is 5.33 Å². The van der Waals surface area contributed by atoms with Crippen LogP contribution in [0, 0.1) is 11.3 Å². The van der Waals surface area contributed by atoms with E-state index in [9.17, 15) is 0 Å². The third kappa shape index (κ3) is 2.15. The van der Waals surface area contributed by atoms with E-state index in [1.165, 1.54) is 7.11 Å². The van der Waals surface area contributed by atoms with Gasteiger partial charge in [0.05, 0.1) is 17.7 Å². The van der Waals surface area contributed by atoms with Crippen molar-refractivity contribution in [2.24, 2.45) is 0 Å². The van der Waals surface area contributed by atoms with Crippen molar-refractivity contribution in [2.45, 2.75) is 5.33 Å². The lowest BCUT2D eigenvalue weighted by Crippen LogP contribution is -1.91. The van der Waals surface area contributed by atoms with Gasteiger partial charge in [-0.1, -0.05) is 27.5 Å². The Kier molecular flexibility index (Phi) is 3.58. The topological polar surface area (TPSA) is 33.0 Å². The molecule has 4 heteroatoms. The van der Waals surface area contributed by atoms with Crippen LogP contribution in [-0.4, -0.2) is 7.11 Å². The standard InChI is InChI=1S/C9H7BrClNO/c1-13-9-7(5-12)2-6(4-10)3-8(9)11/h2-3H,4H2,1H3. The van der Waals surface area contributed by atoms with Crippen LogP contribution < -0.4 is 4.74 Å². The molecular weight excluding hydrogens is 253 g/mol. The van der Waals surface area contributed by atoms with E-state index in [1.54, 1.807) is 12.1 Å². The molecule has 0 radical (unpaired) electrons. The van der Waals surface area contributed by atoms with Gasteiger partial charge < -0.3 is 4.74 Å². The summed E-state index contributed by atoms with van der Waals surface area (Å²) in [6, 6.07) is 5.56. The van der Waals surface area contributed by atoms with Gasteiger partial charge in [0, 0.05) is 5.33 Å². The van der Waals surface area contributed by atoms with E-state index in [4.69, 9.17) is 21.6 Å². The van der Waals surface area contributed by atoms with Gasteiger partial charge in [-0.3, -0.25) is 0 Å². The number of rotatable bonds is 2. The summed E-state index contributed by atoms with van der Waals surface area (Å²) in [6.07, 6.45) is 0. The summed E-state index contributed by atoms with van der Waals surface area (Å²) in [6.45, 7) is 0. The van der Waals surface area contributed by atoms with E-state index < -0.39 is 0 Å². The monoisotopic (exact) mass is 259 g/mol. The molecule has 1 aromatic carbocycles. The first-order valence-corrected chi connectivity index (χ1v) is 5.05. The number of benzene rings is 1. The van der Waals surface area contributed by atoms with Gasteiger partial charge in [0.1, 0.15) is 6.07 Å². The number of alkyl halides is 1. The fourth-order valence-electron chi connectivity index (χ4n) is 1.02. The molecule has 0 unspecified atom stereocenters. The molecule has 0 aromatic heterocycles. The van der Waals surface area contributed by atoms with Gasteiger partial charge in [0.15, 0.2) is 5.75 Å². The Morgan fingerprint density at radius 1 is 1.62 bits per heavy atom. The zero-order valence-corrected chi connectivity index (χ0v) is 9.32. The minimum Gasteiger partial charge on any atom is -0.494 e. The Morgan fingerprint density at radius 2 is 2.31 bits per heavy atom. The van der Waals surface area contributed by atoms with Crippen LogP contribution in [0.15, 0.2) is 12.1 Å². The zero-order valence-electron chi connectivity index (χ0n) is 6.97. The molecule has 68 valence electrons. The van der Waals surface area contributed by atoms with E-state index in [0.717, 1.165) is 5.56 Å². The summed E-state index contributed by atoms with van der Waals surface area (Å²) in [4.78, 5) is 0. The zero-order chi connectivity index (χ0) is 9.84. The molecule has 1 rings (SSSR count). The van der Waals surface area contributed by atoms with Crippen molar-refractivity contribution < 1.29 is 4.74 Å². The summed E-state index contributed by atoms with van der Waals surface area (Å²) < 4.78 is 5.00. The van der Waals surface area contributed by atoms with Gasteiger partial charge in [-0.15, -0.1) is 0 Å². The third-order valence-corrected chi connectivity index (χ3v) is 2.51. The molecule has 0 saturated heterocycles. The van der Waals surface area contributed by atoms with E-state index >= 15 is 0 Å². The van der Waals surface area contributed by atoms with Gasteiger partial charge in [-0.05, 0) is 17.7 Å². The summed E-state index contributed by atoms with van der Waals surface area (Å²) in [7, 11) is 1.50. The van der Waals surface area contributed by atoms with E-state index in [0.29, 0.717) is 21.7 Å². The van der Waals surface area contributed by atoms with Crippen molar-refractivity contribution in [2.75, 3.05) is 7.11 Å². The molecule has 0 aliphatic carbocycles. The average Bonchev–Trinajstić information content (AvgIpc) is 2.16. The van der Waals surface area contributed by atoms with Crippen molar-refractivity contribution in [1.82, 2.24) is 0 Å².